The van der Waals surface area contributed by atoms with Gasteiger partial charge < -0.3 is 14.8 Å². The molecule has 1 unspecified atom stereocenters. The third kappa shape index (κ3) is 3.12. The van der Waals surface area contributed by atoms with Gasteiger partial charge in [-0.05, 0) is 19.4 Å². The number of nitrogens with one attached hydrogen (secondary N) is 1. The number of hydrogen-bond acceptors (Lipinski definition) is 3. The van der Waals surface area contributed by atoms with Gasteiger partial charge in [-0.2, -0.15) is 0 Å². The van der Waals surface area contributed by atoms with Crippen LogP contribution in [0.15, 0.2) is 16.7 Å². The van der Waals surface area contributed by atoms with Crippen LogP contribution in [-0.4, -0.2) is 23.5 Å². The van der Waals surface area contributed by atoms with Crippen molar-refractivity contribution in [1.82, 2.24) is 5.32 Å². The van der Waals surface area contributed by atoms with Crippen LogP contribution in [0.4, 0.5) is 0 Å². The molecule has 16 heavy (non-hydrogen) atoms. The van der Waals surface area contributed by atoms with Gasteiger partial charge in [-0.25, -0.2) is 0 Å². The predicted octanol–water partition coefficient (Wildman–Crippen LogP) is 1.43. The minimum absolute atomic E-state index is 0.134. The Kier molecular flexibility index (Phi) is 4.10. The highest BCUT2D eigenvalue weighted by Crippen LogP contribution is 2.06. The summed E-state index contributed by atoms with van der Waals surface area (Å²) in [5.41, 5.74) is 0.415. The minimum atomic E-state index is -0.897. The Morgan fingerprint density at radius 1 is 1.56 bits per heavy atom. The molecule has 0 aliphatic heterocycles. The van der Waals surface area contributed by atoms with E-state index in [0.29, 0.717) is 17.7 Å². The van der Waals surface area contributed by atoms with E-state index in [1.54, 1.807) is 19.9 Å². The number of aliphatic carboxylic acids is 1. The van der Waals surface area contributed by atoms with E-state index >= 15 is 0 Å². The summed E-state index contributed by atoms with van der Waals surface area (Å²) in [5, 5.41) is 11.4. The quantitative estimate of drug-likeness (QED) is 0.794. The number of rotatable bonds is 5. The monoisotopic (exact) mass is 225 g/mol. The Hall–Kier alpha value is -1.78. The van der Waals surface area contributed by atoms with Crippen LogP contribution >= 0.6 is 0 Å². The molecule has 1 aromatic heterocycles. The highest BCUT2D eigenvalue weighted by atomic mass is 16.4. The summed E-state index contributed by atoms with van der Waals surface area (Å²) in [6.07, 6.45) is 1.84. The summed E-state index contributed by atoms with van der Waals surface area (Å²) < 4.78 is 4.99. The molecule has 0 spiro atoms. The lowest BCUT2D eigenvalue weighted by Crippen LogP contribution is -2.32. The van der Waals surface area contributed by atoms with Crippen molar-refractivity contribution in [3.05, 3.63) is 23.7 Å². The predicted molar refractivity (Wildman–Crippen MR) is 57.2 cm³/mol. The highest BCUT2D eigenvalue weighted by molar-refractivity contribution is 5.94. The van der Waals surface area contributed by atoms with E-state index in [-0.39, 0.29) is 12.5 Å². The van der Waals surface area contributed by atoms with Gasteiger partial charge in [0, 0.05) is 6.54 Å². The Morgan fingerprint density at radius 3 is 2.69 bits per heavy atom. The van der Waals surface area contributed by atoms with Crippen LogP contribution in [0.1, 0.15) is 29.5 Å². The molecule has 0 fully saturated rings. The lowest BCUT2D eigenvalue weighted by molar-refractivity contribution is -0.141. The van der Waals surface area contributed by atoms with E-state index < -0.39 is 11.9 Å². The standard InChI is InChI=1S/C11H15NO4/c1-3-8(11(14)15)5-12-10(13)9-4-7(2)16-6-9/h4,6,8H,3,5H2,1-2H3,(H,12,13)(H,14,15). The number of carboxylic acids is 1. The van der Waals surface area contributed by atoms with Crippen molar-refractivity contribution in [2.75, 3.05) is 6.54 Å². The Labute approximate surface area is 93.4 Å². The average Bonchev–Trinajstić information content (AvgIpc) is 2.65. The lowest BCUT2D eigenvalue weighted by Gasteiger charge is -2.09. The molecule has 0 aliphatic rings. The molecular weight excluding hydrogens is 210 g/mol. The second-order valence-corrected chi connectivity index (χ2v) is 3.60. The fourth-order valence-corrected chi connectivity index (χ4v) is 1.29. The second kappa shape index (κ2) is 5.34. The summed E-state index contributed by atoms with van der Waals surface area (Å²) in [6.45, 7) is 3.64. The molecular formula is C11H15NO4. The topological polar surface area (TPSA) is 79.5 Å². The molecule has 1 heterocycles. The van der Waals surface area contributed by atoms with Crippen LogP contribution in [-0.2, 0) is 4.79 Å². The Morgan fingerprint density at radius 2 is 2.25 bits per heavy atom. The van der Waals surface area contributed by atoms with Crippen molar-refractivity contribution < 1.29 is 19.1 Å². The SMILES string of the molecule is CCC(CNC(=O)c1coc(C)c1)C(=O)O. The maximum absolute atomic E-state index is 11.5. The van der Waals surface area contributed by atoms with Gasteiger partial charge in [-0.15, -0.1) is 0 Å². The Bertz CT molecular complexity index is 383. The van der Waals surface area contributed by atoms with Crippen LogP contribution < -0.4 is 5.32 Å². The van der Waals surface area contributed by atoms with E-state index in [1.165, 1.54) is 6.26 Å². The molecule has 2 N–H and O–H groups in total. The van der Waals surface area contributed by atoms with Crippen LogP contribution in [0.3, 0.4) is 0 Å². The zero-order valence-corrected chi connectivity index (χ0v) is 9.32. The fourth-order valence-electron chi connectivity index (χ4n) is 1.29. The number of hydrogen-bond donors (Lipinski definition) is 2. The van der Waals surface area contributed by atoms with Crippen LogP contribution in [0.25, 0.3) is 0 Å². The summed E-state index contributed by atoms with van der Waals surface area (Å²) >= 11 is 0. The number of carboxylic acid groups (broad SMARTS) is 1. The first-order valence-electron chi connectivity index (χ1n) is 5.10. The number of amides is 1. The normalized spacial score (nSPS) is 12.1. The third-order valence-corrected chi connectivity index (χ3v) is 2.34. The second-order valence-electron chi connectivity index (χ2n) is 3.60. The van der Waals surface area contributed by atoms with Crippen molar-refractivity contribution in [2.45, 2.75) is 20.3 Å². The highest BCUT2D eigenvalue weighted by Gasteiger charge is 2.16. The summed E-state index contributed by atoms with van der Waals surface area (Å²) in [5.74, 6) is -1.10. The van der Waals surface area contributed by atoms with Gasteiger partial charge in [-0.1, -0.05) is 6.92 Å². The van der Waals surface area contributed by atoms with Gasteiger partial charge in [0.2, 0.25) is 0 Å². The average molecular weight is 225 g/mol. The molecule has 5 heteroatoms. The first-order chi connectivity index (χ1) is 7.54. The van der Waals surface area contributed by atoms with Crippen molar-refractivity contribution in [3.63, 3.8) is 0 Å². The van der Waals surface area contributed by atoms with Crippen LogP contribution in [0.2, 0.25) is 0 Å². The molecule has 0 saturated heterocycles. The number of aryl methyl sites for hydroxylation is 1. The molecule has 1 rings (SSSR count). The maximum Gasteiger partial charge on any atom is 0.308 e. The molecule has 1 atom stereocenters. The number of furan rings is 1. The molecule has 5 nitrogen and oxygen atoms in total. The van der Waals surface area contributed by atoms with Gasteiger partial charge in [0.25, 0.3) is 5.91 Å². The fraction of sp³-hybridized carbons (Fsp3) is 0.455. The van der Waals surface area contributed by atoms with Gasteiger partial charge in [-0.3, -0.25) is 9.59 Å². The smallest absolute Gasteiger partial charge is 0.308 e. The van der Waals surface area contributed by atoms with Gasteiger partial charge in [0.05, 0.1) is 11.5 Å². The summed E-state index contributed by atoms with van der Waals surface area (Å²) in [4.78, 5) is 22.3. The minimum Gasteiger partial charge on any atom is -0.481 e. The molecule has 0 saturated carbocycles. The largest absolute Gasteiger partial charge is 0.481 e. The first-order valence-corrected chi connectivity index (χ1v) is 5.10. The van der Waals surface area contributed by atoms with Crippen molar-refractivity contribution >= 4 is 11.9 Å². The van der Waals surface area contributed by atoms with E-state index in [9.17, 15) is 9.59 Å². The van der Waals surface area contributed by atoms with E-state index in [4.69, 9.17) is 9.52 Å². The Balaban J connectivity index is 2.49. The zero-order valence-electron chi connectivity index (χ0n) is 9.32. The summed E-state index contributed by atoms with van der Waals surface area (Å²) in [7, 11) is 0. The molecule has 88 valence electrons. The van der Waals surface area contributed by atoms with Gasteiger partial charge in [0.15, 0.2) is 0 Å². The molecule has 1 amide bonds. The molecule has 0 aromatic carbocycles. The van der Waals surface area contributed by atoms with E-state index in [0.717, 1.165) is 0 Å². The summed E-state index contributed by atoms with van der Waals surface area (Å²) in [6, 6.07) is 1.61. The van der Waals surface area contributed by atoms with Crippen molar-refractivity contribution in [3.8, 4) is 0 Å². The van der Waals surface area contributed by atoms with Crippen molar-refractivity contribution in [1.29, 1.82) is 0 Å². The molecule has 0 radical (unpaired) electrons. The van der Waals surface area contributed by atoms with Gasteiger partial charge >= 0.3 is 5.97 Å². The zero-order chi connectivity index (χ0) is 12.1. The first kappa shape index (κ1) is 12.3. The number of carbonyl (C=O) groups excluding carboxylic acids is 1. The number of carbonyl (C=O) groups is 2. The van der Waals surface area contributed by atoms with Crippen LogP contribution in [0.5, 0.6) is 0 Å². The molecule has 0 aliphatic carbocycles. The maximum atomic E-state index is 11.5. The molecule has 0 bridgehead atoms. The van der Waals surface area contributed by atoms with E-state index in [1.807, 2.05) is 0 Å². The third-order valence-electron chi connectivity index (χ3n) is 2.34. The van der Waals surface area contributed by atoms with Gasteiger partial charge in [0.1, 0.15) is 12.0 Å². The van der Waals surface area contributed by atoms with Crippen LogP contribution in [0, 0.1) is 12.8 Å². The molecule has 1 aromatic rings. The van der Waals surface area contributed by atoms with E-state index in [2.05, 4.69) is 5.32 Å². The van der Waals surface area contributed by atoms with Crippen molar-refractivity contribution in [2.24, 2.45) is 5.92 Å². The lowest BCUT2D eigenvalue weighted by atomic mass is 10.1.